The number of alkyl halides is 6. The second kappa shape index (κ2) is 12.6. The van der Waals surface area contributed by atoms with Gasteiger partial charge in [0.2, 0.25) is 5.91 Å². The summed E-state index contributed by atoms with van der Waals surface area (Å²) in [7, 11) is 0. The third kappa shape index (κ3) is 8.41. The van der Waals surface area contributed by atoms with Gasteiger partial charge in [-0.25, -0.2) is 4.98 Å². The van der Waals surface area contributed by atoms with E-state index in [2.05, 4.69) is 22.2 Å². The van der Waals surface area contributed by atoms with Crippen molar-refractivity contribution in [3.63, 3.8) is 0 Å². The van der Waals surface area contributed by atoms with Gasteiger partial charge in [-0.1, -0.05) is 12.2 Å². The minimum Gasteiger partial charge on any atom is -0.381 e. The van der Waals surface area contributed by atoms with Crippen LogP contribution >= 0.6 is 11.3 Å². The highest BCUT2D eigenvalue weighted by Gasteiger charge is 2.48. The van der Waals surface area contributed by atoms with Gasteiger partial charge in [0.25, 0.3) is 0 Å². The summed E-state index contributed by atoms with van der Waals surface area (Å²) < 4.78 is 84.1. The molecule has 3 rings (SSSR count). The Bertz CT molecular complexity index is 968. The van der Waals surface area contributed by atoms with Crippen LogP contribution in [0.5, 0.6) is 0 Å². The first-order valence-corrected chi connectivity index (χ1v) is 13.0. The van der Waals surface area contributed by atoms with Gasteiger partial charge in [-0.2, -0.15) is 26.3 Å². The molecule has 1 saturated heterocycles. The summed E-state index contributed by atoms with van der Waals surface area (Å²) in [6.07, 6.45) is -5.66. The number of nitrogens with one attached hydrogen (secondary N) is 2. The molecule has 2 unspecified atom stereocenters. The number of hydrogen-bond donors (Lipinski definition) is 2. The normalized spacial score (nSPS) is 24.3. The maximum atomic E-state index is 13.5. The van der Waals surface area contributed by atoms with Crippen LogP contribution in [0.25, 0.3) is 0 Å². The summed E-state index contributed by atoms with van der Waals surface area (Å²) in [5, 5.41) is 7.97. The standard InChI is InChI=1S/C25H31F6N3O2S/c1-2-3-18(25(29,30)31)12-17(4-9-24(26,27)28)14-32-22(35)23(21-15-37-16-33-21)8-5-20(13-23)34-19-6-10-36-11-7-19/h2,4,12,15-16,19-20,34H,1,3,5-11,13-14H2,(H,32,35)/b17-4+,18-12+. The predicted octanol–water partition coefficient (Wildman–Crippen LogP) is 5.76. The zero-order valence-corrected chi connectivity index (χ0v) is 21.1. The Morgan fingerprint density at radius 2 is 1.92 bits per heavy atom. The lowest BCUT2D eigenvalue weighted by molar-refractivity contribution is -0.126. The van der Waals surface area contributed by atoms with Gasteiger partial charge in [0.1, 0.15) is 0 Å². The van der Waals surface area contributed by atoms with Gasteiger partial charge in [0.15, 0.2) is 0 Å². The second-order valence-electron chi connectivity index (χ2n) is 9.39. The fraction of sp³-hybridized carbons (Fsp3) is 0.600. The van der Waals surface area contributed by atoms with Crippen LogP contribution in [-0.4, -0.2) is 55.1 Å². The Hall–Kier alpha value is -2.18. The van der Waals surface area contributed by atoms with E-state index in [0.717, 1.165) is 18.9 Å². The maximum absolute atomic E-state index is 13.5. The number of hydrogen-bond acceptors (Lipinski definition) is 5. The number of halogens is 6. The fourth-order valence-corrected chi connectivity index (χ4v) is 5.46. The third-order valence-corrected chi connectivity index (χ3v) is 7.29. The van der Waals surface area contributed by atoms with E-state index in [9.17, 15) is 31.1 Å². The lowest BCUT2D eigenvalue weighted by Crippen LogP contribution is -2.46. The molecule has 2 atom stereocenters. The minimum atomic E-state index is -4.74. The van der Waals surface area contributed by atoms with Gasteiger partial charge in [-0.15, -0.1) is 17.9 Å². The lowest BCUT2D eigenvalue weighted by atomic mass is 9.81. The molecule has 1 saturated carbocycles. The van der Waals surface area contributed by atoms with Crippen molar-refractivity contribution >= 4 is 17.2 Å². The third-order valence-electron chi connectivity index (χ3n) is 6.70. The molecule has 2 aliphatic rings. The van der Waals surface area contributed by atoms with Crippen molar-refractivity contribution in [2.45, 2.75) is 74.8 Å². The van der Waals surface area contributed by atoms with Crippen LogP contribution in [-0.2, 0) is 14.9 Å². The Morgan fingerprint density at radius 1 is 1.19 bits per heavy atom. The Morgan fingerprint density at radius 3 is 2.51 bits per heavy atom. The largest absolute Gasteiger partial charge is 0.413 e. The molecule has 1 amide bonds. The smallest absolute Gasteiger partial charge is 0.381 e. The van der Waals surface area contributed by atoms with Gasteiger partial charge in [0, 0.05) is 42.8 Å². The summed E-state index contributed by atoms with van der Waals surface area (Å²) in [4.78, 5) is 17.9. The second-order valence-corrected chi connectivity index (χ2v) is 10.1. The molecule has 2 heterocycles. The quantitative estimate of drug-likeness (QED) is 0.221. The number of allylic oxidation sites excluding steroid dienone is 3. The van der Waals surface area contributed by atoms with E-state index in [0.29, 0.717) is 50.3 Å². The molecule has 5 nitrogen and oxygen atoms in total. The van der Waals surface area contributed by atoms with Gasteiger partial charge in [-0.05, 0) is 50.2 Å². The van der Waals surface area contributed by atoms with Crippen LogP contribution in [0.4, 0.5) is 26.3 Å². The van der Waals surface area contributed by atoms with Crippen molar-refractivity contribution in [2.75, 3.05) is 19.8 Å². The first-order valence-electron chi connectivity index (χ1n) is 12.1. The average Bonchev–Trinajstić information content (AvgIpc) is 3.51. The lowest BCUT2D eigenvalue weighted by Gasteiger charge is -2.29. The van der Waals surface area contributed by atoms with Crippen LogP contribution in [0.3, 0.4) is 0 Å². The van der Waals surface area contributed by atoms with Crippen LogP contribution < -0.4 is 10.6 Å². The number of carbonyl (C=O) groups excluding carboxylic acids is 1. The van der Waals surface area contributed by atoms with Crippen LogP contribution in [0.2, 0.25) is 0 Å². The molecular formula is C25H31F6N3O2S. The molecular weight excluding hydrogens is 520 g/mol. The highest BCUT2D eigenvalue weighted by atomic mass is 32.1. The van der Waals surface area contributed by atoms with Crippen molar-refractivity contribution in [1.29, 1.82) is 0 Å². The zero-order valence-electron chi connectivity index (χ0n) is 20.3. The molecule has 2 fully saturated rings. The van der Waals surface area contributed by atoms with E-state index in [-0.39, 0.29) is 17.7 Å². The number of ether oxygens (including phenoxy) is 1. The average molecular weight is 552 g/mol. The number of aromatic nitrogens is 1. The van der Waals surface area contributed by atoms with Gasteiger partial charge in [0.05, 0.1) is 23.0 Å². The molecule has 206 valence electrons. The van der Waals surface area contributed by atoms with Crippen molar-refractivity contribution in [3.8, 4) is 0 Å². The molecule has 1 aliphatic carbocycles. The van der Waals surface area contributed by atoms with Crippen LogP contribution in [0, 0.1) is 0 Å². The highest BCUT2D eigenvalue weighted by Crippen LogP contribution is 2.42. The summed E-state index contributed by atoms with van der Waals surface area (Å²) in [5.74, 6) is -0.460. The molecule has 0 radical (unpaired) electrons. The molecule has 12 heteroatoms. The fourth-order valence-electron chi connectivity index (χ4n) is 4.81. The summed E-state index contributed by atoms with van der Waals surface area (Å²) in [5.41, 5.74) is -0.170. The summed E-state index contributed by atoms with van der Waals surface area (Å²) in [6.45, 7) is 4.14. The van der Waals surface area contributed by atoms with E-state index in [1.807, 2.05) is 0 Å². The van der Waals surface area contributed by atoms with Crippen molar-refractivity contribution in [3.05, 3.63) is 52.5 Å². The number of nitrogens with zero attached hydrogens (tertiary/aromatic N) is 1. The summed E-state index contributed by atoms with van der Waals surface area (Å²) >= 11 is 1.32. The maximum Gasteiger partial charge on any atom is 0.413 e. The highest BCUT2D eigenvalue weighted by molar-refractivity contribution is 7.07. The molecule has 0 aromatic carbocycles. The van der Waals surface area contributed by atoms with Crippen LogP contribution in [0.1, 0.15) is 50.6 Å². The molecule has 1 aromatic rings. The first kappa shape index (κ1) is 29.4. The molecule has 37 heavy (non-hydrogen) atoms. The van der Waals surface area contributed by atoms with Gasteiger partial charge >= 0.3 is 12.4 Å². The van der Waals surface area contributed by atoms with Crippen molar-refractivity contribution in [2.24, 2.45) is 0 Å². The molecule has 0 bridgehead atoms. The van der Waals surface area contributed by atoms with Crippen molar-refractivity contribution < 1.29 is 35.9 Å². The predicted molar refractivity (Wildman–Crippen MR) is 129 cm³/mol. The van der Waals surface area contributed by atoms with Crippen LogP contribution in [0.15, 0.2) is 46.8 Å². The topological polar surface area (TPSA) is 63.2 Å². The first-order chi connectivity index (χ1) is 17.4. The SMILES string of the molecule is C=CC/C(=C\C(=C/CC(F)(F)F)CNC(=O)C1(c2cscn2)CCC(NC2CCOCC2)C1)C(F)(F)F. The number of carbonyl (C=O) groups is 1. The molecule has 1 aromatic heterocycles. The summed E-state index contributed by atoms with van der Waals surface area (Å²) in [6, 6.07) is 0.292. The monoisotopic (exact) mass is 551 g/mol. The number of amides is 1. The van der Waals surface area contributed by atoms with E-state index >= 15 is 0 Å². The Kier molecular flexibility index (Phi) is 9.99. The van der Waals surface area contributed by atoms with E-state index in [1.54, 1.807) is 10.9 Å². The number of thiazole rings is 1. The Balaban J connectivity index is 1.79. The van der Waals surface area contributed by atoms with E-state index < -0.39 is 48.6 Å². The van der Waals surface area contributed by atoms with E-state index in [1.165, 1.54) is 11.3 Å². The molecule has 1 aliphatic heterocycles. The molecule has 0 spiro atoms. The molecule has 2 N–H and O–H groups in total. The van der Waals surface area contributed by atoms with Gasteiger partial charge < -0.3 is 15.4 Å². The van der Waals surface area contributed by atoms with E-state index in [4.69, 9.17) is 4.74 Å². The minimum absolute atomic E-state index is 0.0279. The number of rotatable bonds is 10. The Labute approximate surface area is 216 Å². The van der Waals surface area contributed by atoms with Crippen molar-refractivity contribution in [1.82, 2.24) is 15.6 Å². The van der Waals surface area contributed by atoms with Gasteiger partial charge in [-0.3, -0.25) is 4.79 Å². The zero-order chi connectivity index (χ0) is 27.1.